The Morgan fingerprint density at radius 1 is 1.14 bits per heavy atom. The minimum absolute atomic E-state index is 0.159. The van der Waals surface area contributed by atoms with Gasteiger partial charge in [-0.15, -0.1) is 0 Å². The van der Waals surface area contributed by atoms with Gasteiger partial charge >= 0.3 is 0 Å². The Kier molecular flexibility index (Phi) is 5.59. The van der Waals surface area contributed by atoms with Crippen LogP contribution in [0.5, 0.6) is 5.75 Å². The first-order chi connectivity index (χ1) is 10.1. The molecule has 2 nitrogen and oxygen atoms in total. The molecule has 112 valence electrons. The molecule has 0 saturated carbocycles. The molecule has 0 amide bonds. The Morgan fingerprint density at radius 2 is 1.86 bits per heavy atom. The first-order valence-electron chi connectivity index (χ1n) is 6.90. The summed E-state index contributed by atoms with van der Waals surface area (Å²) in [7, 11) is 1.66. The van der Waals surface area contributed by atoms with Crippen LogP contribution in [0.15, 0.2) is 42.5 Å². The molecule has 4 heteroatoms. The van der Waals surface area contributed by atoms with Gasteiger partial charge in [-0.2, -0.15) is 0 Å². The van der Waals surface area contributed by atoms with Crippen LogP contribution >= 0.6 is 11.6 Å². The average molecular weight is 308 g/mol. The normalized spacial score (nSPS) is 12.2. The lowest BCUT2D eigenvalue weighted by molar-refractivity contribution is 0.405. The van der Waals surface area contributed by atoms with Crippen molar-refractivity contribution in [1.29, 1.82) is 0 Å². The zero-order chi connectivity index (χ0) is 15.2. The molecule has 0 radical (unpaired) electrons. The van der Waals surface area contributed by atoms with Gasteiger partial charge in [-0.05, 0) is 31.0 Å². The molecule has 0 aliphatic carbocycles. The van der Waals surface area contributed by atoms with E-state index in [1.807, 2.05) is 24.3 Å². The van der Waals surface area contributed by atoms with Crippen LogP contribution in [0.3, 0.4) is 0 Å². The maximum absolute atomic E-state index is 13.8. The van der Waals surface area contributed by atoms with Crippen LogP contribution < -0.4 is 10.1 Å². The maximum Gasteiger partial charge on any atom is 0.146 e. The number of para-hydroxylation sites is 1. The average Bonchev–Trinajstić information content (AvgIpc) is 2.49. The van der Waals surface area contributed by atoms with Gasteiger partial charge in [0.15, 0.2) is 0 Å². The lowest BCUT2D eigenvalue weighted by Crippen LogP contribution is -2.28. The van der Waals surface area contributed by atoms with E-state index in [1.165, 1.54) is 0 Å². The van der Waals surface area contributed by atoms with Crippen LogP contribution in [0, 0.1) is 5.82 Å². The molecule has 0 bridgehead atoms. The molecule has 0 heterocycles. The number of hydrogen-bond donors (Lipinski definition) is 1. The van der Waals surface area contributed by atoms with Gasteiger partial charge in [-0.3, -0.25) is 0 Å². The smallest absolute Gasteiger partial charge is 0.146 e. The highest BCUT2D eigenvalue weighted by Gasteiger charge is 2.10. The van der Waals surface area contributed by atoms with Crippen molar-refractivity contribution in [3.63, 3.8) is 0 Å². The van der Waals surface area contributed by atoms with E-state index in [-0.39, 0.29) is 16.9 Å². The molecular weight excluding hydrogens is 289 g/mol. The Labute approximate surface area is 129 Å². The lowest BCUT2D eigenvalue weighted by atomic mass is 10.1. The summed E-state index contributed by atoms with van der Waals surface area (Å²) in [5.41, 5.74) is 1.71. The summed E-state index contributed by atoms with van der Waals surface area (Å²) in [4.78, 5) is 0. The van der Waals surface area contributed by atoms with Crippen molar-refractivity contribution in [3.8, 4) is 5.75 Å². The van der Waals surface area contributed by atoms with Crippen molar-refractivity contribution in [2.24, 2.45) is 0 Å². The van der Waals surface area contributed by atoms with Crippen molar-refractivity contribution in [3.05, 3.63) is 64.4 Å². The first-order valence-corrected chi connectivity index (χ1v) is 7.27. The number of nitrogens with one attached hydrogen (secondary N) is 1. The topological polar surface area (TPSA) is 21.3 Å². The maximum atomic E-state index is 13.8. The molecule has 0 aromatic heterocycles. The van der Waals surface area contributed by atoms with E-state index in [0.29, 0.717) is 12.1 Å². The third-order valence-corrected chi connectivity index (χ3v) is 3.68. The molecule has 1 atom stereocenters. The van der Waals surface area contributed by atoms with E-state index in [1.54, 1.807) is 25.3 Å². The van der Waals surface area contributed by atoms with Crippen molar-refractivity contribution < 1.29 is 9.13 Å². The zero-order valence-corrected chi connectivity index (χ0v) is 13.0. The fourth-order valence-corrected chi connectivity index (χ4v) is 2.44. The molecule has 2 rings (SSSR count). The van der Waals surface area contributed by atoms with Crippen LogP contribution in [0.2, 0.25) is 5.02 Å². The van der Waals surface area contributed by atoms with Crippen LogP contribution in [-0.2, 0) is 13.0 Å². The van der Waals surface area contributed by atoms with Crippen molar-refractivity contribution in [2.45, 2.75) is 25.9 Å². The number of ether oxygens (including phenoxy) is 1. The fraction of sp³-hybridized carbons (Fsp3) is 0.294. The monoisotopic (exact) mass is 307 g/mol. The highest BCUT2D eigenvalue weighted by Crippen LogP contribution is 2.20. The highest BCUT2D eigenvalue weighted by atomic mass is 35.5. The fourth-order valence-electron chi connectivity index (χ4n) is 2.24. The Hall–Kier alpha value is -1.58. The third kappa shape index (κ3) is 4.19. The van der Waals surface area contributed by atoms with Crippen molar-refractivity contribution in [2.75, 3.05) is 7.11 Å². The molecule has 0 aliphatic rings. The summed E-state index contributed by atoms with van der Waals surface area (Å²) < 4.78 is 19.1. The van der Waals surface area contributed by atoms with Crippen molar-refractivity contribution >= 4 is 11.6 Å². The quantitative estimate of drug-likeness (QED) is 0.863. The SMILES string of the molecule is COc1ccccc1CC(C)NCc1cccc(Cl)c1F. The van der Waals surface area contributed by atoms with Crippen LogP contribution in [0.25, 0.3) is 0 Å². The van der Waals surface area contributed by atoms with Crippen LogP contribution in [-0.4, -0.2) is 13.2 Å². The highest BCUT2D eigenvalue weighted by molar-refractivity contribution is 6.30. The minimum Gasteiger partial charge on any atom is -0.496 e. The first kappa shape index (κ1) is 15.8. The van der Waals surface area contributed by atoms with Gasteiger partial charge in [0.05, 0.1) is 12.1 Å². The standard InChI is InChI=1S/C17H19ClFNO/c1-12(10-13-6-3-4-9-16(13)21-2)20-11-14-7-5-8-15(18)17(14)19/h3-9,12,20H,10-11H2,1-2H3. The zero-order valence-electron chi connectivity index (χ0n) is 12.2. The molecular formula is C17H19ClFNO. The third-order valence-electron chi connectivity index (χ3n) is 3.39. The van der Waals surface area contributed by atoms with Gasteiger partial charge in [0.25, 0.3) is 0 Å². The number of halogens is 2. The molecule has 21 heavy (non-hydrogen) atoms. The largest absolute Gasteiger partial charge is 0.496 e. The lowest BCUT2D eigenvalue weighted by Gasteiger charge is -2.16. The van der Waals surface area contributed by atoms with E-state index in [9.17, 15) is 4.39 Å². The predicted octanol–water partition coefficient (Wildman–Crippen LogP) is 4.21. The van der Waals surface area contributed by atoms with Crippen molar-refractivity contribution in [1.82, 2.24) is 5.32 Å². The van der Waals surface area contributed by atoms with Gasteiger partial charge in [-0.1, -0.05) is 41.9 Å². The number of hydrogen-bond acceptors (Lipinski definition) is 2. The van der Waals surface area contributed by atoms with Gasteiger partial charge in [0.1, 0.15) is 11.6 Å². The van der Waals surface area contributed by atoms with Gasteiger partial charge in [0, 0.05) is 18.2 Å². The Bertz CT molecular complexity index is 603. The molecule has 1 N–H and O–H groups in total. The summed E-state index contributed by atoms with van der Waals surface area (Å²) in [6.07, 6.45) is 0.812. The van der Waals surface area contributed by atoms with Crippen LogP contribution in [0.1, 0.15) is 18.1 Å². The van der Waals surface area contributed by atoms with Crippen LogP contribution in [0.4, 0.5) is 4.39 Å². The van der Waals surface area contributed by atoms with Gasteiger partial charge in [-0.25, -0.2) is 4.39 Å². The Morgan fingerprint density at radius 3 is 2.62 bits per heavy atom. The second kappa shape index (κ2) is 7.43. The molecule has 0 aliphatic heterocycles. The summed E-state index contributed by atoms with van der Waals surface area (Å²) >= 11 is 5.78. The molecule has 0 saturated heterocycles. The van der Waals surface area contributed by atoms with E-state index < -0.39 is 0 Å². The Balaban J connectivity index is 1.96. The second-order valence-corrected chi connectivity index (χ2v) is 5.42. The molecule has 0 fully saturated rings. The minimum atomic E-state index is -0.351. The summed E-state index contributed by atoms with van der Waals surface area (Å²) in [6, 6.07) is 13.2. The van der Waals surface area contributed by atoms with E-state index in [2.05, 4.69) is 12.2 Å². The summed E-state index contributed by atoms with van der Waals surface area (Å²) in [6.45, 7) is 2.51. The predicted molar refractivity (Wildman–Crippen MR) is 84.4 cm³/mol. The van der Waals surface area contributed by atoms with E-state index in [0.717, 1.165) is 17.7 Å². The van der Waals surface area contributed by atoms with Gasteiger partial charge in [0.2, 0.25) is 0 Å². The van der Waals surface area contributed by atoms with E-state index >= 15 is 0 Å². The summed E-state index contributed by atoms with van der Waals surface area (Å²) in [5.74, 6) is 0.524. The molecule has 0 spiro atoms. The molecule has 1 unspecified atom stereocenters. The van der Waals surface area contributed by atoms with Gasteiger partial charge < -0.3 is 10.1 Å². The number of benzene rings is 2. The van der Waals surface area contributed by atoms with E-state index in [4.69, 9.17) is 16.3 Å². The second-order valence-electron chi connectivity index (χ2n) is 5.01. The molecule has 2 aromatic carbocycles. The number of methoxy groups -OCH3 is 1. The molecule has 2 aromatic rings. The summed E-state index contributed by atoms with van der Waals surface area (Å²) in [5, 5.41) is 3.47. The number of rotatable bonds is 6.